The van der Waals surface area contributed by atoms with E-state index >= 15 is 0 Å². The van der Waals surface area contributed by atoms with Gasteiger partial charge in [0.15, 0.2) is 12.3 Å². The van der Waals surface area contributed by atoms with Crippen molar-refractivity contribution in [2.75, 3.05) is 23.8 Å². The fraction of sp³-hybridized carbons (Fsp3) is 0.368. The van der Waals surface area contributed by atoms with E-state index in [-0.39, 0.29) is 30.5 Å². The van der Waals surface area contributed by atoms with Crippen molar-refractivity contribution in [3.63, 3.8) is 0 Å². The summed E-state index contributed by atoms with van der Waals surface area (Å²) in [5.41, 5.74) is 5.29. The molecule has 0 fully saturated rings. The van der Waals surface area contributed by atoms with Crippen LogP contribution in [0.25, 0.3) is 0 Å². The molecule has 0 saturated heterocycles. The topological polar surface area (TPSA) is 127 Å². The van der Waals surface area contributed by atoms with Gasteiger partial charge in [-0.1, -0.05) is 44.2 Å². The SMILES string of the molecule is CCN(C(=O)COC(=O)C(C)C)c1c(N)n(Cc2ccccc2)c(=O)[nH]c1=O. The van der Waals surface area contributed by atoms with E-state index in [4.69, 9.17) is 10.5 Å². The number of nitrogens with one attached hydrogen (secondary N) is 1. The number of benzene rings is 1. The van der Waals surface area contributed by atoms with Crippen molar-refractivity contribution in [2.24, 2.45) is 5.92 Å². The molecule has 0 aliphatic carbocycles. The summed E-state index contributed by atoms with van der Waals surface area (Å²) in [7, 11) is 0. The smallest absolute Gasteiger partial charge is 0.330 e. The molecular formula is C19H24N4O5. The number of amides is 1. The van der Waals surface area contributed by atoms with E-state index in [0.717, 1.165) is 10.5 Å². The lowest BCUT2D eigenvalue weighted by atomic mass is 10.2. The third-order valence-corrected chi connectivity index (χ3v) is 4.09. The van der Waals surface area contributed by atoms with E-state index < -0.39 is 29.7 Å². The number of esters is 1. The van der Waals surface area contributed by atoms with Crippen LogP contribution in [0.4, 0.5) is 11.5 Å². The van der Waals surface area contributed by atoms with Crippen molar-refractivity contribution >= 4 is 23.4 Å². The summed E-state index contributed by atoms with van der Waals surface area (Å²) in [6.07, 6.45) is 0. The average Bonchev–Trinajstić information content (AvgIpc) is 2.66. The van der Waals surface area contributed by atoms with Gasteiger partial charge in [0.05, 0.1) is 12.5 Å². The lowest BCUT2D eigenvalue weighted by molar-refractivity contribution is -0.150. The number of nitrogens with zero attached hydrogens (tertiary/aromatic N) is 2. The van der Waals surface area contributed by atoms with Gasteiger partial charge in [-0.15, -0.1) is 0 Å². The number of anilines is 2. The Bertz CT molecular complexity index is 963. The number of aromatic nitrogens is 2. The largest absolute Gasteiger partial charge is 0.455 e. The van der Waals surface area contributed by atoms with Crippen LogP contribution in [0.3, 0.4) is 0 Å². The van der Waals surface area contributed by atoms with E-state index in [1.165, 1.54) is 4.57 Å². The number of ether oxygens (including phenoxy) is 1. The van der Waals surface area contributed by atoms with Crippen LogP contribution in [-0.2, 0) is 20.9 Å². The number of nitrogen functional groups attached to an aromatic ring is 1. The Morgan fingerprint density at radius 2 is 1.86 bits per heavy atom. The fourth-order valence-corrected chi connectivity index (χ4v) is 2.60. The minimum atomic E-state index is -0.780. The normalized spacial score (nSPS) is 10.7. The van der Waals surface area contributed by atoms with Crippen LogP contribution in [0.1, 0.15) is 26.3 Å². The molecule has 0 aliphatic heterocycles. The zero-order valence-electron chi connectivity index (χ0n) is 16.1. The summed E-state index contributed by atoms with van der Waals surface area (Å²) in [5.74, 6) is -1.66. The monoisotopic (exact) mass is 388 g/mol. The summed E-state index contributed by atoms with van der Waals surface area (Å²) >= 11 is 0. The second kappa shape index (κ2) is 9.03. The quantitative estimate of drug-likeness (QED) is 0.673. The van der Waals surface area contributed by atoms with Gasteiger partial charge in [0.25, 0.3) is 11.5 Å². The molecule has 1 aromatic carbocycles. The Hall–Kier alpha value is -3.36. The Morgan fingerprint density at radius 1 is 1.21 bits per heavy atom. The first-order chi connectivity index (χ1) is 13.3. The summed E-state index contributed by atoms with van der Waals surface area (Å²) < 4.78 is 6.13. The highest BCUT2D eigenvalue weighted by molar-refractivity contribution is 5.97. The second-order valence-electron chi connectivity index (χ2n) is 6.47. The molecule has 1 heterocycles. The number of H-pyrrole nitrogens is 1. The maximum absolute atomic E-state index is 12.5. The van der Waals surface area contributed by atoms with Crippen molar-refractivity contribution in [3.05, 3.63) is 56.7 Å². The van der Waals surface area contributed by atoms with E-state index in [9.17, 15) is 19.2 Å². The third kappa shape index (κ3) is 4.67. The standard InChI is InChI=1S/C19H24N4O5/c1-4-22(14(24)11-28-18(26)12(2)3)15-16(20)23(19(27)21-17(15)25)10-13-8-6-5-7-9-13/h5-9,12H,4,10-11,20H2,1-3H3,(H,21,25,27). The second-order valence-corrected chi connectivity index (χ2v) is 6.47. The summed E-state index contributed by atoms with van der Waals surface area (Å²) in [6.45, 7) is 4.65. The van der Waals surface area contributed by atoms with Crippen molar-refractivity contribution in [1.82, 2.24) is 9.55 Å². The molecule has 2 aromatic rings. The van der Waals surface area contributed by atoms with Gasteiger partial charge < -0.3 is 15.4 Å². The van der Waals surface area contributed by atoms with E-state index in [1.54, 1.807) is 20.8 Å². The summed E-state index contributed by atoms with van der Waals surface area (Å²) in [4.78, 5) is 52.0. The van der Waals surface area contributed by atoms with Crippen molar-refractivity contribution in [1.29, 1.82) is 0 Å². The Kier molecular flexibility index (Phi) is 6.75. The van der Waals surface area contributed by atoms with Crippen molar-refractivity contribution < 1.29 is 14.3 Å². The minimum absolute atomic E-state index is 0.106. The Morgan fingerprint density at radius 3 is 2.43 bits per heavy atom. The summed E-state index contributed by atoms with van der Waals surface area (Å²) in [6, 6.07) is 9.08. The summed E-state index contributed by atoms with van der Waals surface area (Å²) in [5, 5.41) is 0. The molecule has 2 rings (SSSR count). The lowest BCUT2D eigenvalue weighted by Gasteiger charge is -2.23. The highest BCUT2D eigenvalue weighted by atomic mass is 16.5. The molecule has 28 heavy (non-hydrogen) atoms. The van der Waals surface area contributed by atoms with Gasteiger partial charge >= 0.3 is 11.7 Å². The first kappa shape index (κ1) is 20.9. The van der Waals surface area contributed by atoms with E-state index in [0.29, 0.717) is 0 Å². The van der Waals surface area contributed by atoms with Crippen LogP contribution in [0.15, 0.2) is 39.9 Å². The van der Waals surface area contributed by atoms with Gasteiger partial charge in [-0.3, -0.25) is 23.9 Å². The minimum Gasteiger partial charge on any atom is -0.455 e. The molecule has 9 nitrogen and oxygen atoms in total. The zero-order chi connectivity index (χ0) is 20.8. The van der Waals surface area contributed by atoms with Crippen LogP contribution in [-0.4, -0.2) is 34.6 Å². The van der Waals surface area contributed by atoms with Gasteiger partial charge in [0.1, 0.15) is 5.82 Å². The van der Waals surface area contributed by atoms with Crippen LogP contribution in [0.5, 0.6) is 0 Å². The molecular weight excluding hydrogens is 364 g/mol. The number of rotatable bonds is 7. The number of aromatic amines is 1. The highest BCUT2D eigenvalue weighted by Crippen LogP contribution is 2.18. The first-order valence-corrected chi connectivity index (χ1v) is 8.89. The van der Waals surface area contributed by atoms with Gasteiger partial charge in [-0.05, 0) is 12.5 Å². The number of hydrogen-bond donors (Lipinski definition) is 2. The van der Waals surface area contributed by atoms with Crippen LogP contribution in [0.2, 0.25) is 0 Å². The maximum atomic E-state index is 12.5. The van der Waals surface area contributed by atoms with Crippen molar-refractivity contribution in [3.8, 4) is 0 Å². The predicted molar refractivity (Wildman–Crippen MR) is 105 cm³/mol. The van der Waals surface area contributed by atoms with Crippen LogP contribution >= 0.6 is 0 Å². The molecule has 150 valence electrons. The number of carbonyl (C=O) groups excluding carboxylic acids is 2. The zero-order valence-corrected chi connectivity index (χ0v) is 16.1. The van der Waals surface area contributed by atoms with Gasteiger partial charge in [0.2, 0.25) is 0 Å². The molecule has 0 atom stereocenters. The molecule has 9 heteroatoms. The molecule has 0 bridgehead atoms. The molecule has 0 radical (unpaired) electrons. The molecule has 3 N–H and O–H groups in total. The fourth-order valence-electron chi connectivity index (χ4n) is 2.60. The maximum Gasteiger partial charge on any atom is 0.330 e. The first-order valence-electron chi connectivity index (χ1n) is 8.89. The molecule has 0 spiro atoms. The predicted octanol–water partition coefficient (Wildman–Crippen LogP) is 0.719. The number of likely N-dealkylation sites (N-methyl/N-ethyl adjacent to an activating group) is 1. The lowest BCUT2D eigenvalue weighted by Crippen LogP contribution is -2.42. The Labute approximate surface area is 161 Å². The molecule has 0 saturated carbocycles. The third-order valence-electron chi connectivity index (χ3n) is 4.09. The Balaban J connectivity index is 2.38. The molecule has 0 unspecified atom stereocenters. The molecule has 0 aliphatic rings. The van der Waals surface area contributed by atoms with Crippen molar-refractivity contribution in [2.45, 2.75) is 27.3 Å². The van der Waals surface area contributed by atoms with Gasteiger partial charge in [-0.25, -0.2) is 4.79 Å². The molecule has 1 amide bonds. The molecule has 1 aromatic heterocycles. The van der Waals surface area contributed by atoms with Gasteiger partial charge in [0, 0.05) is 6.54 Å². The highest BCUT2D eigenvalue weighted by Gasteiger charge is 2.24. The average molecular weight is 388 g/mol. The van der Waals surface area contributed by atoms with E-state index in [2.05, 4.69) is 4.98 Å². The van der Waals surface area contributed by atoms with Crippen LogP contribution in [0, 0.1) is 5.92 Å². The van der Waals surface area contributed by atoms with E-state index in [1.807, 2.05) is 30.3 Å². The number of nitrogens with two attached hydrogens (primary N) is 1. The van der Waals surface area contributed by atoms with Gasteiger partial charge in [-0.2, -0.15) is 0 Å². The number of carbonyl (C=O) groups is 2. The van der Waals surface area contributed by atoms with Crippen LogP contribution < -0.4 is 21.9 Å². The number of hydrogen-bond acceptors (Lipinski definition) is 6.